The first kappa shape index (κ1) is 22.3. The number of rotatable bonds is 4. The summed E-state index contributed by atoms with van der Waals surface area (Å²) < 4.78 is 0. The molecule has 0 aliphatic carbocycles. The van der Waals surface area contributed by atoms with Gasteiger partial charge in [-0.1, -0.05) is 36.4 Å². The zero-order valence-corrected chi connectivity index (χ0v) is 18.9. The van der Waals surface area contributed by atoms with Gasteiger partial charge in [-0.3, -0.25) is 24.1 Å². The number of phenols is 1. The Bertz CT molecular complexity index is 1290. The van der Waals surface area contributed by atoms with Crippen molar-refractivity contribution in [2.45, 2.75) is 6.54 Å². The second-order valence-electron chi connectivity index (χ2n) is 8.54. The summed E-state index contributed by atoms with van der Waals surface area (Å²) in [6.45, 7) is 1.64. The van der Waals surface area contributed by atoms with Gasteiger partial charge in [0.05, 0.1) is 23.2 Å². The monoisotopic (exact) mass is 469 g/mol. The van der Waals surface area contributed by atoms with E-state index < -0.39 is 0 Å². The number of piperazine rings is 1. The average molecular weight is 469 g/mol. The van der Waals surface area contributed by atoms with Crippen LogP contribution in [0.2, 0.25) is 0 Å². The van der Waals surface area contributed by atoms with Crippen LogP contribution < -0.4 is 0 Å². The van der Waals surface area contributed by atoms with Crippen molar-refractivity contribution in [3.05, 3.63) is 101 Å². The number of nitrogens with zero attached hydrogens (tertiary/aromatic N) is 3. The number of para-hydroxylation sites is 1. The molecule has 0 radical (unpaired) electrons. The fraction of sp³-hybridized carbons (Fsp3) is 0.185. The largest absolute Gasteiger partial charge is 0.507 e. The molecule has 1 N–H and O–H groups in total. The third-order valence-electron chi connectivity index (χ3n) is 6.41. The van der Waals surface area contributed by atoms with Crippen molar-refractivity contribution < 1.29 is 24.3 Å². The molecule has 176 valence electrons. The third kappa shape index (κ3) is 4.14. The quantitative estimate of drug-likeness (QED) is 0.593. The lowest BCUT2D eigenvalue weighted by Gasteiger charge is -2.35. The Hall–Kier alpha value is -4.46. The van der Waals surface area contributed by atoms with Crippen LogP contribution in [0.15, 0.2) is 72.8 Å². The number of phenolic OH excluding ortho intramolecular Hbond substituents is 1. The van der Waals surface area contributed by atoms with Gasteiger partial charge >= 0.3 is 0 Å². The third-order valence-corrected chi connectivity index (χ3v) is 6.41. The van der Waals surface area contributed by atoms with E-state index in [1.54, 1.807) is 76.5 Å². The van der Waals surface area contributed by atoms with E-state index in [2.05, 4.69) is 0 Å². The van der Waals surface area contributed by atoms with Crippen LogP contribution in [-0.2, 0) is 6.54 Å². The fourth-order valence-corrected chi connectivity index (χ4v) is 4.44. The van der Waals surface area contributed by atoms with Gasteiger partial charge in [0.1, 0.15) is 5.75 Å². The second-order valence-corrected chi connectivity index (χ2v) is 8.54. The molecule has 8 heteroatoms. The Balaban J connectivity index is 1.20. The first-order valence-corrected chi connectivity index (χ1v) is 11.3. The second kappa shape index (κ2) is 9.06. The van der Waals surface area contributed by atoms with Gasteiger partial charge in [0, 0.05) is 31.7 Å². The predicted molar refractivity (Wildman–Crippen MR) is 127 cm³/mol. The van der Waals surface area contributed by atoms with E-state index >= 15 is 0 Å². The van der Waals surface area contributed by atoms with Crippen LogP contribution in [0.4, 0.5) is 0 Å². The van der Waals surface area contributed by atoms with Crippen LogP contribution in [-0.4, -0.2) is 69.6 Å². The van der Waals surface area contributed by atoms with Gasteiger partial charge in [0.2, 0.25) is 0 Å². The van der Waals surface area contributed by atoms with Gasteiger partial charge in [-0.15, -0.1) is 0 Å². The van der Waals surface area contributed by atoms with E-state index in [4.69, 9.17) is 0 Å². The van der Waals surface area contributed by atoms with Crippen LogP contribution in [0.3, 0.4) is 0 Å². The zero-order valence-electron chi connectivity index (χ0n) is 18.9. The zero-order chi connectivity index (χ0) is 24.5. The molecule has 1 fully saturated rings. The van der Waals surface area contributed by atoms with Crippen molar-refractivity contribution in [2.24, 2.45) is 0 Å². The lowest BCUT2D eigenvalue weighted by Crippen LogP contribution is -2.50. The minimum Gasteiger partial charge on any atom is -0.507 e. The molecule has 2 aliphatic rings. The number of carbonyl (C=O) groups is 4. The molecule has 0 spiro atoms. The number of amides is 4. The molecule has 0 saturated carbocycles. The van der Waals surface area contributed by atoms with Gasteiger partial charge in [-0.25, -0.2) is 0 Å². The van der Waals surface area contributed by atoms with Crippen molar-refractivity contribution in [3.63, 3.8) is 0 Å². The number of hydrogen-bond acceptors (Lipinski definition) is 5. The van der Waals surface area contributed by atoms with E-state index in [0.717, 1.165) is 5.56 Å². The number of aromatic hydroxyl groups is 1. The highest BCUT2D eigenvalue weighted by Crippen LogP contribution is 2.24. The number of carbonyl (C=O) groups excluding carboxylic acids is 4. The minimum atomic E-state index is -0.318. The molecule has 2 heterocycles. The number of imide groups is 1. The average Bonchev–Trinajstić information content (AvgIpc) is 3.13. The number of hydrogen-bond donors (Lipinski definition) is 1. The summed E-state index contributed by atoms with van der Waals surface area (Å²) in [5.74, 6) is -1.10. The normalized spacial score (nSPS) is 15.4. The summed E-state index contributed by atoms with van der Waals surface area (Å²) >= 11 is 0. The lowest BCUT2D eigenvalue weighted by atomic mass is 10.1. The molecule has 2 aliphatic heterocycles. The molecule has 4 amide bonds. The van der Waals surface area contributed by atoms with Crippen LogP contribution in [0.1, 0.15) is 47.0 Å². The standard InChI is InChI=1S/C27H23N3O5/c31-23-8-4-3-7-22(23)25(33)29-15-13-28(14-16-29)24(32)19-11-9-18(10-12-19)17-30-26(34)20-5-1-2-6-21(20)27(30)35/h1-12,31H,13-17H2. The smallest absolute Gasteiger partial charge is 0.261 e. The van der Waals surface area contributed by atoms with Crippen LogP contribution in [0.25, 0.3) is 0 Å². The first-order chi connectivity index (χ1) is 16.9. The maximum absolute atomic E-state index is 13.0. The molecule has 1 saturated heterocycles. The van der Waals surface area contributed by atoms with Crippen LogP contribution in [0.5, 0.6) is 5.75 Å². The van der Waals surface area contributed by atoms with E-state index in [1.807, 2.05) is 0 Å². The molecule has 0 unspecified atom stereocenters. The summed E-state index contributed by atoms with van der Waals surface area (Å²) in [4.78, 5) is 55.3. The Morgan fingerprint density at radius 1 is 0.686 bits per heavy atom. The summed E-state index contributed by atoms with van der Waals surface area (Å²) in [6, 6.07) is 20.0. The Morgan fingerprint density at radius 3 is 1.77 bits per heavy atom. The summed E-state index contributed by atoms with van der Waals surface area (Å²) in [5.41, 5.74) is 2.31. The van der Waals surface area contributed by atoms with Gasteiger partial charge in [0.15, 0.2) is 0 Å². The topological polar surface area (TPSA) is 98.2 Å². The van der Waals surface area contributed by atoms with Gasteiger partial charge in [-0.05, 0) is 42.0 Å². The maximum atomic E-state index is 13.0. The van der Waals surface area contributed by atoms with Gasteiger partial charge in [-0.2, -0.15) is 0 Å². The Labute approximate surface area is 202 Å². The highest BCUT2D eigenvalue weighted by Gasteiger charge is 2.35. The molecule has 3 aromatic rings. The molecule has 8 nitrogen and oxygen atoms in total. The SMILES string of the molecule is O=C(c1ccc(CN2C(=O)c3ccccc3C2=O)cc1)N1CCN(C(=O)c2ccccc2O)CC1. The minimum absolute atomic E-state index is 0.0580. The van der Waals surface area contributed by atoms with Crippen molar-refractivity contribution in [1.82, 2.24) is 14.7 Å². The fourth-order valence-electron chi connectivity index (χ4n) is 4.44. The summed E-state index contributed by atoms with van der Waals surface area (Å²) in [7, 11) is 0. The lowest BCUT2D eigenvalue weighted by molar-refractivity contribution is 0.0533. The van der Waals surface area contributed by atoms with Crippen LogP contribution in [0, 0.1) is 0 Å². The highest BCUT2D eigenvalue weighted by molar-refractivity contribution is 6.21. The van der Waals surface area contributed by atoms with Gasteiger partial charge < -0.3 is 14.9 Å². The Morgan fingerprint density at radius 2 is 1.20 bits per heavy atom. The molecule has 0 bridgehead atoms. The summed E-state index contributed by atoms with van der Waals surface area (Å²) in [6.07, 6.45) is 0. The first-order valence-electron chi connectivity index (χ1n) is 11.3. The Kier molecular flexibility index (Phi) is 5.78. The van der Waals surface area contributed by atoms with Crippen molar-refractivity contribution in [1.29, 1.82) is 0 Å². The van der Waals surface area contributed by atoms with E-state index in [9.17, 15) is 24.3 Å². The maximum Gasteiger partial charge on any atom is 0.261 e. The van der Waals surface area contributed by atoms with Gasteiger partial charge in [0.25, 0.3) is 23.6 Å². The van der Waals surface area contributed by atoms with E-state index in [0.29, 0.717) is 42.9 Å². The van der Waals surface area contributed by atoms with Crippen molar-refractivity contribution in [3.8, 4) is 5.75 Å². The molecule has 3 aromatic carbocycles. The van der Waals surface area contributed by atoms with Crippen molar-refractivity contribution >= 4 is 23.6 Å². The summed E-state index contributed by atoms with van der Waals surface area (Å²) in [5, 5.41) is 9.93. The van der Waals surface area contributed by atoms with E-state index in [1.165, 1.54) is 11.0 Å². The highest BCUT2D eigenvalue weighted by atomic mass is 16.3. The number of benzene rings is 3. The molecular formula is C27H23N3O5. The van der Waals surface area contributed by atoms with Crippen LogP contribution >= 0.6 is 0 Å². The molecule has 35 heavy (non-hydrogen) atoms. The number of fused-ring (bicyclic) bond motifs is 1. The molecule has 0 aromatic heterocycles. The molecule has 0 atom stereocenters. The molecular weight excluding hydrogens is 446 g/mol. The van der Waals surface area contributed by atoms with Crippen molar-refractivity contribution in [2.75, 3.05) is 26.2 Å². The molecule has 5 rings (SSSR count). The van der Waals surface area contributed by atoms with E-state index in [-0.39, 0.29) is 41.5 Å². The predicted octanol–water partition coefficient (Wildman–Crippen LogP) is 2.79.